The summed E-state index contributed by atoms with van der Waals surface area (Å²) >= 11 is 9.30. The van der Waals surface area contributed by atoms with Gasteiger partial charge in [0.2, 0.25) is 0 Å². The zero-order valence-electron chi connectivity index (χ0n) is 19.9. The van der Waals surface area contributed by atoms with Crippen molar-refractivity contribution in [3.05, 3.63) is 82.7 Å². The lowest BCUT2D eigenvalue weighted by atomic mass is 10.2. The fourth-order valence-electron chi connectivity index (χ4n) is 4.42. The predicted molar refractivity (Wildman–Crippen MR) is 157 cm³/mol. The fraction of sp³-hybridized carbons (Fsp3) is 0.148. The molecule has 0 saturated carbocycles. The predicted octanol–water partition coefficient (Wildman–Crippen LogP) is 6.66. The topological polar surface area (TPSA) is 87.7 Å². The third-order valence-corrected chi connectivity index (χ3v) is 10.4. The molecule has 1 aliphatic heterocycles. The molecule has 0 aliphatic carbocycles. The fourth-order valence-corrected chi connectivity index (χ4v) is 8.41. The Morgan fingerprint density at radius 3 is 2.50 bits per heavy atom. The van der Waals surface area contributed by atoms with Gasteiger partial charge in [0.1, 0.15) is 4.90 Å². The summed E-state index contributed by atoms with van der Waals surface area (Å²) in [5, 5.41) is 4.31. The smallest absolute Gasteiger partial charge is 0.265 e. The molecule has 11 heteroatoms. The first-order valence-corrected chi connectivity index (χ1v) is 15.3. The van der Waals surface area contributed by atoms with Gasteiger partial charge in [-0.25, -0.2) is 8.42 Å². The number of benzene rings is 3. The monoisotopic (exact) mass is 583 g/mol. The van der Waals surface area contributed by atoms with Crippen molar-refractivity contribution in [2.75, 3.05) is 41.2 Å². The maximum absolute atomic E-state index is 13.6. The van der Waals surface area contributed by atoms with E-state index in [9.17, 15) is 13.2 Å². The Labute approximate surface area is 232 Å². The molecule has 0 unspecified atom stereocenters. The second-order valence-corrected chi connectivity index (χ2v) is 12.9. The second kappa shape index (κ2) is 10.2. The van der Waals surface area contributed by atoms with Crippen LogP contribution in [0.4, 0.5) is 17.1 Å². The lowest BCUT2D eigenvalue weighted by Crippen LogP contribution is -2.37. The molecule has 1 amide bonds. The van der Waals surface area contributed by atoms with Gasteiger partial charge in [-0.05, 0) is 42.5 Å². The van der Waals surface area contributed by atoms with Gasteiger partial charge in [-0.1, -0.05) is 41.9 Å². The molecule has 3 aromatic carbocycles. The molecule has 38 heavy (non-hydrogen) atoms. The number of nitrogens with zero attached hydrogens (tertiary/aromatic N) is 1. The van der Waals surface area contributed by atoms with Crippen LogP contribution in [0.2, 0.25) is 5.02 Å². The molecular formula is C27H22ClN3O4S3. The molecule has 2 aromatic heterocycles. The van der Waals surface area contributed by atoms with Crippen LogP contribution in [0.15, 0.2) is 77.7 Å². The molecule has 1 aliphatic rings. The Kier molecular flexibility index (Phi) is 6.75. The van der Waals surface area contributed by atoms with Crippen molar-refractivity contribution < 1.29 is 17.9 Å². The Morgan fingerprint density at radius 2 is 1.68 bits per heavy atom. The Balaban J connectivity index is 1.33. The summed E-state index contributed by atoms with van der Waals surface area (Å²) in [6, 6.07) is 21.6. The van der Waals surface area contributed by atoms with E-state index >= 15 is 0 Å². The molecule has 2 N–H and O–H groups in total. The SMILES string of the molecule is O=C(Nc1ccc(N2CCOCC2)c(S(=O)(=O)Nc2ccccc2Cl)c1)c1cc2sc3ccccc3c2s1. The van der Waals surface area contributed by atoms with Crippen LogP contribution < -0.4 is 14.9 Å². The molecule has 0 radical (unpaired) electrons. The van der Waals surface area contributed by atoms with Crippen molar-refractivity contribution in [2.45, 2.75) is 4.90 Å². The summed E-state index contributed by atoms with van der Waals surface area (Å²) in [6.45, 7) is 2.11. The molecule has 0 bridgehead atoms. The highest BCUT2D eigenvalue weighted by Gasteiger charge is 2.25. The number of rotatable bonds is 6. The van der Waals surface area contributed by atoms with Gasteiger partial charge in [0.15, 0.2) is 0 Å². The first-order valence-electron chi connectivity index (χ1n) is 11.9. The van der Waals surface area contributed by atoms with Crippen molar-refractivity contribution in [2.24, 2.45) is 0 Å². The van der Waals surface area contributed by atoms with E-state index in [-0.39, 0.29) is 16.5 Å². The summed E-state index contributed by atoms with van der Waals surface area (Å²) in [6.07, 6.45) is 0. The van der Waals surface area contributed by atoms with Crippen molar-refractivity contribution in [3.63, 3.8) is 0 Å². The van der Waals surface area contributed by atoms with Gasteiger partial charge < -0.3 is 15.0 Å². The molecule has 0 atom stereocenters. The van der Waals surface area contributed by atoms with Gasteiger partial charge in [-0.2, -0.15) is 0 Å². The van der Waals surface area contributed by atoms with Crippen LogP contribution in [0, 0.1) is 0 Å². The van der Waals surface area contributed by atoms with Gasteiger partial charge in [-0.15, -0.1) is 22.7 Å². The van der Waals surface area contributed by atoms with Crippen LogP contribution in [0.1, 0.15) is 9.67 Å². The van der Waals surface area contributed by atoms with Crippen LogP contribution in [0.25, 0.3) is 19.5 Å². The van der Waals surface area contributed by atoms with Crippen LogP contribution in [-0.2, 0) is 14.8 Å². The number of carbonyl (C=O) groups is 1. The molecule has 6 rings (SSSR count). The summed E-state index contributed by atoms with van der Waals surface area (Å²) in [5.74, 6) is -0.288. The first kappa shape index (κ1) is 25.1. The van der Waals surface area contributed by atoms with Gasteiger partial charge >= 0.3 is 0 Å². The average molecular weight is 584 g/mol. The molecule has 7 nitrogen and oxygen atoms in total. The van der Waals surface area contributed by atoms with E-state index in [2.05, 4.69) is 22.2 Å². The lowest BCUT2D eigenvalue weighted by Gasteiger charge is -2.30. The number of hydrogen-bond acceptors (Lipinski definition) is 7. The zero-order valence-corrected chi connectivity index (χ0v) is 23.1. The number of sulfonamides is 1. The number of fused-ring (bicyclic) bond motifs is 3. The molecule has 3 heterocycles. The highest BCUT2D eigenvalue weighted by Crippen LogP contribution is 2.40. The Bertz CT molecular complexity index is 1780. The summed E-state index contributed by atoms with van der Waals surface area (Å²) < 4.78 is 38.5. The first-order chi connectivity index (χ1) is 18.4. The third kappa shape index (κ3) is 4.85. The standard InChI is InChI=1S/C27H22ClN3O4S3/c28-19-6-2-3-7-20(19)30-38(33,34)25-15-17(9-10-21(25)31-11-13-35-14-12-31)29-27(32)24-16-23-26(37-24)18-5-1-4-8-22(18)36-23/h1-10,15-16,30H,11-14H2,(H,29,32). The summed E-state index contributed by atoms with van der Waals surface area (Å²) in [5.41, 5.74) is 1.20. The number of nitrogens with one attached hydrogen (secondary N) is 2. The molecule has 0 spiro atoms. The van der Waals surface area contributed by atoms with E-state index < -0.39 is 10.0 Å². The number of carbonyl (C=O) groups excluding carboxylic acids is 1. The number of thiophene rings is 2. The van der Waals surface area contributed by atoms with Crippen molar-refractivity contribution >= 4 is 86.8 Å². The van der Waals surface area contributed by atoms with Crippen LogP contribution in [0.3, 0.4) is 0 Å². The number of morpholine rings is 1. The van der Waals surface area contributed by atoms with E-state index in [0.717, 1.165) is 14.8 Å². The molecule has 5 aromatic rings. The number of amides is 1. The zero-order chi connectivity index (χ0) is 26.3. The van der Waals surface area contributed by atoms with Gasteiger partial charge in [0.25, 0.3) is 15.9 Å². The minimum atomic E-state index is -4.04. The average Bonchev–Trinajstić information content (AvgIpc) is 3.49. The summed E-state index contributed by atoms with van der Waals surface area (Å²) in [4.78, 5) is 15.8. The molecule has 194 valence electrons. The quantitative estimate of drug-likeness (QED) is 0.233. The van der Waals surface area contributed by atoms with E-state index in [1.807, 2.05) is 23.1 Å². The van der Waals surface area contributed by atoms with Gasteiger partial charge in [0.05, 0.1) is 39.2 Å². The Hall–Kier alpha value is -3.15. The number of para-hydroxylation sites is 1. The van der Waals surface area contributed by atoms with E-state index in [1.54, 1.807) is 47.7 Å². The number of anilines is 3. The van der Waals surface area contributed by atoms with Crippen LogP contribution in [-0.4, -0.2) is 40.6 Å². The third-order valence-electron chi connectivity index (χ3n) is 6.25. The number of halogens is 1. The van der Waals surface area contributed by atoms with E-state index in [1.165, 1.54) is 22.1 Å². The second-order valence-electron chi connectivity index (χ2n) is 8.72. The highest BCUT2D eigenvalue weighted by molar-refractivity contribution is 7.93. The number of ether oxygens (including phenoxy) is 1. The lowest BCUT2D eigenvalue weighted by molar-refractivity contribution is 0.103. The minimum Gasteiger partial charge on any atom is -0.378 e. The maximum Gasteiger partial charge on any atom is 0.265 e. The minimum absolute atomic E-state index is 0.0512. The summed E-state index contributed by atoms with van der Waals surface area (Å²) in [7, 11) is -4.04. The molecule has 1 saturated heterocycles. The molecular weight excluding hydrogens is 562 g/mol. The number of hydrogen-bond donors (Lipinski definition) is 2. The van der Waals surface area contributed by atoms with E-state index in [4.69, 9.17) is 16.3 Å². The van der Waals surface area contributed by atoms with Crippen LogP contribution >= 0.6 is 34.3 Å². The molecule has 1 fully saturated rings. The largest absolute Gasteiger partial charge is 0.378 e. The van der Waals surface area contributed by atoms with E-state index in [0.29, 0.717) is 47.6 Å². The van der Waals surface area contributed by atoms with Crippen molar-refractivity contribution in [1.82, 2.24) is 0 Å². The normalized spacial score (nSPS) is 14.2. The van der Waals surface area contributed by atoms with Crippen molar-refractivity contribution in [1.29, 1.82) is 0 Å². The van der Waals surface area contributed by atoms with Crippen molar-refractivity contribution in [3.8, 4) is 0 Å². The van der Waals surface area contributed by atoms with Crippen LogP contribution in [0.5, 0.6) is 0 Å². The Morgan fingerprint density at radius 1 is 0.921 bits per heavy atom. The van der Waals surface area contributed by atoms with Gasteiger partial charge in [0, 0.05) is 33.6 Å². The maximum atomic E-state index is 13.6. The van der Waals surface area contributed by atoms with Gasteiger partial charge in [-0.3, -0.25) is 9.52 Å². The highest BCUT2D eigenvalue weighted by atomic mass is 35.5.